The van der Waals surface area contributed by atoms with Crippen molar-refractivity contribution in [3.05, 3.63) is 0 Å². The Balaban J connectivity index is 1.71. The van der Waals surface area contributed by atoms with E-state index in [1.54, 1.807) is 0 Å². The molecule has 1 aliphatic heterocycles. The summed E-state index contributed by atoms with van der Waals surface area (Å²) in [4.78, 5) is 24.5. The third-order valence-electron chi connectivity index (χ3n) is 3.26. The number of hydrogen-bond donors (Lipinski definition) is 2. The maximum atomic E-state index is 11.8. The van der Waals surface area contributed by atoms with Crippen LogP contribution in [0.1, 0.15) is 25.7 Å². The van der Waals surface area contributed by atoms with Crippen molar-refractivity contribution in [1.82, 2.24) is 10.2 Å². The Hall–Kier alpha value is -1.10. The summed E-state index contributed by atoms with van der Waals surface area (Å²) in [6, 6.07) is 0.441. The Morgan fingerprint density at radius 2 is 1.81 bits per heavy atom. The molecule has 1 aliphatic carbocycles. The molecule has 16 heavy (non-hydrogen) atoms. The molecule has 2 aliphatic rings. The number of nitrogens with one attached hydrogen (secondary N) is 1. The van der Waals surface area contributed by atoms with E-state index in [9.17, 15) is 9.59 Å². The molecular weight excluding hydrogens is 206 g/mol. The highest BCUT2D eigenvalue weighted by molar-refractivity contribution is 5.79. The zero-order chi connectivity index (χ0) is 11.5. The van der Waals surface area contributed by atoms with Crippen LogP contribution < -0.4 is 11.1 Å². The van der Waals surface area contributed by atoms with Crippen molar-refractivity contribution >= 4 is 11.8 Å². The largest absolute Gasteiger partial charge is 0.369 e. The van der Waals surface area contributed by atoms with Crippen molar-refractivity contribution < 1.29 is 9.59 Å². The zero-order valence-corrected chi connectivity index (χ0v) is 9.45. The molecular formula is C11H19N3O2. The molecule has 5 heteroatoms. The first-order valence-corrected chi connectivity index (χ1v) is 5.96. The fraction of sp³-hybridized carbons (Fsp3) is 0.818. The van der Waals surface area contributed by atoms with Crippen molar-refractivity contribution in [3.63, 3.8) is 0 Å². The normalized spacial score (nSPS) is 23.0. The number of piperidine rings is 1. The number of amides is 2. The number of nitrogens with zero attached hydrogens (tertiary/aromatic N) is 1. The van der Waals surface area contributed by atoms with Gasteiger partial charge in [0.2, 0.25) is 11.8 Å². The summed E-state index contributed by atoms with van der Waals surface area (Å²) in [5, 5.41) is 3.03. The Kier molecular flexibility index (Phi) is 3.43. The van der Waals surface area contributed by atoms with Gasteiger partial charge in [-0.05, 0) is 38.8 Å². The summed E-state index contributed by atoms with van der Waals surface area (Å²) in [7, 11) is 0. The Bertz CT molecular complexity index is 281. The third-order valence-corrected chi connectivity index (χ3v) is 3.26. The van der Waals surface area contributed by atoms with Crippen molar-refractivity contribution in [3.8, 4) is 0 Å². The third kappa shape index (κ3) is 3.20. The fourth-order valence-corrected chi connectivity index (χ4v) is 2.12. The van der Waals surface area contributed by atoms with Crippen LogP contribution >= 0.6 is 0 Å². The first-order chi connectivity index (χ1) is 7.65. The molecule has 0 atom stereocenters. The van der Waals surface area contributed by atoms with Gasteiger partial charge in [-0.25, -0.2) is 0 Å². The summed E-state index contributed by atoms with van der Waals surface area (Å²) in [5.41, 5.74) is 5.13. The van der Waals surface area contributed by atoms with Crippen molar-refractivity contribution in [2.75, 3.05) is 19.6 Å². The monoisotopic (exact) mass is 225 g/mol. The molecule has 0 unspecified atom stereocenters. The number of carbonyl (C=O) groups is 2. The van der Waals surface area contributed by atoms with Crippen LogP contribution in [-0.4, -0.2) is 42.4 Å². The first kappa shape index (κ1) is 11.4. The molecule has 0 radical (unpaired) electrons. The minimum atomic E-state index is -0.291. The number of nitrogens with two attached hydrogens (primary N) is 1. The summed E-state index contributed by atoms with van der Waals surface area (Å²) in [5.74, 6) is 0.0341. The van der Waals surface area contributed by atoms with Crippen LogP contribution in [-0.2, 0) is 9.59 Å². The molecule has 1 heterocycles. The van der Waals surface area contributed by atoms with Crippen LogP contribution in [0, 0.1) is 5.92 Å². The van der Waals surface area contributed by atoms with E-state index >= 15 is 0 Å². The van der Waals surface area contributed by atoms with Crippen LogP contribution in [0.4, 0.5) is 0 Å². The SMILES string of the molecule is NC(=O)CN1CCC(C(=O)NC2CC2)CC1. The van der Waals surface area contributed by atoms with Gasteiger partial charge in [0.15, 0.2) is 0 Å². The first-order valence-electron chi connectivity index (χ1n) is 5.96. The van der Waals surface area contributed by atoms with Crippen molar-refractivity contribution in [2.24, 2.45) is 11.7 Å². The molecule has 3 N–H and O–H groups in total. The van der Waals surface area contributed by atoms with Gasteiger partial charge >= 0.3 is 0 Å². The second-order valence-electron chi connectivity index (χ2n) is 4.80. The highest BCUT2D eigenvalue weighted by Crippen LogP contribution is 2.22. The van der Waals surface area contributed by atoms with E-state index in [-0.39, 0.29) is 17.7 Å². The van der Waals surface area contributed by atoms with Gasteiger partial charge in [0.25, 0.3) is 0 Å². The summed E-state index contributed by atoms with van der Waals surface area (Å²) < 4.78 is 0. The smallest absolute Gasteiger partial charge is 0.231 e. The topological polar surface area (TPSA) is 75.4 Å². The van der Waals surface area contributed by atoms with Crippen molar-refractivity contribution in [1.29, 1.82) is 0 Å². The van der Waals surface area contributed by atoms with Crippen LogP contribution in [0.3, 0.4) is 0 Å². The predicted molar refractivity (Wildman–Crippen MR) is 59.5 cm³/mol. The Morgan fingerprint density at radius 3 is 2.31 bits per heavy atom. The average molecular weight is 225 g/mol. The predicted octanol–water partition coefficient (Wildman–Crippen LogP) is -0.538. The minimum absolute atomic E-state index is 0.129. The van der Waals surface area contributed by atoms with E-state index in [1.807, 2.05) is 4.90 Å². The van der Waals surface area contributed by atoms with Gasteiger partial charge in [0.1, 0.15) is 0 Å². The van der Waals surface area contributed by atoms with Gasteiger partial charge in [-0.1, -0.05) is 0 Å². The molecule has 2 fully saturated rings. The van der Waals surface area contributed by atoms with E-state index in [0.29, 0.717) is 12.6 Å². The zero-order valence-electron chi connectivity index (χ0n) is 9.45. The standard InChI is InChI=1S/C11H19N3O2/c12-10(15)7-14-5-3-8(4-6-14)11(16)13-9-1-2-9/h8-9H,1-7H2,(H2,12,15)(H,13,16). The molecule has 0 spiro atoms. The van der Waals surface area contributed by atoms with E-state index in [0.717, 1.165) is 38.8 Å². The van der Waals surface area contributed by atoms with Gasteiger partial charge in [0.05, 0.1) is 6.54 Å². The second-order valence-corrected chi connectivity index (χ2v) is 4.80. The summed E-state index contributed by atoms with van der Waals surface area (Å²) in [6.07, 6.45) is 3.94. The van der Waals surface area contributed by atoms with E-state index in [2.05, 4.69) is 5.32 Å². The highest BCUT2D eigenvalue weighted by atomic mass is 16.2. The summed E-state index contributed by atoms with van der Waals surface area (Å²) in [6.45, 7) is 1.91. The van der Waals surface area contributed by atoms with E-state index in [4.69, 9.17) is 5.73 Å². The molecule has 1 saturated heterocycles. The van der Waals surface area contributed by atoms with Gasteiger partial charge < -0.3 is 11.1 Å². The average Bonchev–Trinajstić information content (AvgIpc) is 3.01. The lowest BCUT2D eigenvalue weighted by atomic mass is 9.96. The van der Waals surface area contributed by atoms with Gasteiger partial charge in [0, 0.05) is 12.0 Å². The van der Waals surface area contributed by atoms with Crippen molar-refractivity contribution in [2.45, 2.75) is 31.7 Å². The van der Waals surface area contributed by atoms with Gasteiger partial charge in [-0.2, -0.15) is 0 Å². The Morgan fingerprint density at radius 1 is 1.19 bits per heavy atom. The number of likely N-dealkylation sites (tertiary alicyclic amines) is 1. The maximum Gasteiger partial charge on any atom is 0.231 e. The second kappa shape index (κ2) is 4.82. The Labute approximate surface area is 95.3 Å². The van der Waals surface area contributed by atoms with Crippen LogP contribution in [0.2, 0.25) is 0 Å². The number of hydrogen-bond acceptors (Lipinski definition) is 3. The molecule has 1 saturated carbocycles. The van der Waals surface area contributed by atoms with Gasteiger partial charge in [-0.3, -0.25) is 14.5 Å². The molecule has 0 bridgehead atoms. The lowest BCUT2D eigenvalue weighted by Crippen LogP contribution is -2.43. The number of carbonyl (C=O) groups excluding carboxylic acids is 2. The number of primary amides is 1. The van der Waals surface area contributed by atoms with Crippen LogP contribution in [0.15, 0.2) is 0 Å². The van der Waals surface area contributed by atoms with Crippen LogP contribution in [0.25, 0.3) is 0 Å². The number of rotatable bonds is 4. The molecule has 0 aromatic carbocycles. The highest BCUT2D eigenvalue weighted by Gasteiger charge is 2.29. The molecule has 90 valence electrons. The minimum Gasteiger partial charge on any atom is -0.369 e. The molecule has 2 amide bonds. The maximum absolute atomic E-state index is 11.8. The lowest BCUT2D eigenvalue weighted by molar-refractivity contribution is -0.126. The lowest BCUT2D eigenvalue weighted by Gasteiger charge is -2.30. The van der Waals surface area contributed by atoms with Gasteiger partial charge in [-0.15, -0.1) is 0 Å². The van der Waals surface area contributed by atoms with E-state index in [1.165, 1.54) is 0 Å². The molecule has 0 aromatic heterocycles. The van der Waals surface area contributed by atoms with E-state index < -0.39 is 0 Å². The van der Waals surface area contributed by atoms with Crippen LogP contribution in [0.5, 0.6) is 0 Å². The summed E-state index contributed by atoms with van der Waals surface area (Å²) >= 11 is 0. The molecule has 5 nitrogen and oxygen atoms in total. The fourth-order valence-electron chi connectivity index (χ4n) is 2.12. The molecule has 0 aromatic rings. The quantitative estimate of drug-likeness (QED) is 0.675. The molecule has 2 rings (SSSR count).